The number of rotatable bonds is 4. The lowest BCUT2D eigenvalue weighted by Gasteiger charge is -2.14. The highest BCUT2D eigenvalue weighted by Gasteiger charge is 2.35. The second kappa shape index (κ2) is 5.13. The largest absolute Gasteiger partial charge is 0.276 e. The van der Waals surface area contributed by atoms with Crippen molar-refractivity contribution in [2.45, 2.75) is 20.3 Å². The molecule has 0 saturated carbocycles. The fourth-order valence-electron chi connectivity index (χ4n) is 2.00. The lowest BCUT2D eigenvalue weighted by Crippen LogP contribution is -2.31. The van der Waals surface area contributed by atoms with Gasteiger partial charge in [0.25, 0.3) is 17.1 Å². The summed E-state index contributed by atoms with van der Waals surface area (Å²) in [5, 5.41) is -0.635. The van der Waals surface area contributed by atoms with E-state index in [2.05, 4.69) is 0 Å². The van der Waals surface area contributed by atoms with E-state index in [4.69, 9.17) is 11.6 Å². The summed E-state index contributed by atoms with van der Waals surface area (Å²) in [6.07, 6.45) is 0.757. The predicted molar refractivity (Wildman–Crippen MR) is 71.4 cm³/mol. The number of benzene rings is 1. The van der Waals surface area contributed by atoms with Gasteiger partial charge in [-0.05, 0) is 42.1 Å². The smallest absolute Gasteiger partial charge is 0.261 e. The van der Waals surface area contributed by atoms with Gasteiger partial charge >= 0.3 is 0 Å². The summed E-state index contributed by atoms with van der Waals surface area (Å²) in [4.78, 5) is 36.5. The van der Waals surface area contributed by atoms with Gasteiger partial charge in [-0.25, -0.2) is 0 Å². The van der Waals surface area contributed by atoms with Gasteiger partial charge < -0.3 is 0 Å². The van der Waals surface area contributed by atoms with Crippen molar-refractivity contribution < 1.29 is 14.4 Å². The number of imide groups is 1. The molecule has 5 heteroatoms. The fraction of sp³-hybridized carbons (Fsp3) is 0.357. The van der Waals surface area contributed by atoms with Crippen LogP contribution in [0.5, 0.6) is 0 Å². The second-order valence-electron chi connectivity index (χ2n) is 4.98. The van der Waals surface area contributed by atoms with Crippen LogP contribution in [0.25, 0.3) is 0 Å². The molecule has 2 rings (SSSR count). The molecule has 0 radical (unpaired) electrons. The normalized spacial score (nSPS) is 14.2. The molecule has 0 aromatic heterocycles. The lowest BCUT2D eigenvalue weighted by molar-refractivity contribution is 0.0647. The second-order valence-corrected chi connectivity index (χ2v) is 5.32. The lowest BCUT2D eigenvalue weighted by atomic mass is 10.1. The number of hydrogen-bond donors (Lipinski definition) is 0. The summed E-state index contributed by atoms with van der Waals surface area (Å²) < 4.78 is 0. The van der Waals surface area contributed by atoms with Crippen LogP contribution in [0.4, 0.5) is 0 Å². The first-order valence-corrected chi connectivity index (χ1v) is 6.49. The Hall–Kier alpha value is -1.68. The summed E-state index contributed by atoms with van der Waals surface area (Å²) in [6.45, 7) is 4.46. The van der Waals surface area contributed by atoms with E-state index in [9.17, 15) is 14.4 Å². The molecule has 2 amide bonds. The number of carbonyl (C=O) groups excluding carboxylic acids is 3. The summed E-state index contributed by atoms with van der Waals surface area (Å²) in [5.41, 5.74) is 0.836. The zero-order chi connectivity index (χ0) is 14.2. The Balaban J connectivity index is 2.31. The van der Waals surface area contributed by atoms with Gasteiger partial charge in [0.1, 0.15) is 0 Å². The molecule has 0 bridgehead atoms. The van der Waals surface area contributed by atoms with Crippen molar-refractivity contribution in [3.05, 3.63) is 34.9 Å². The fourth-order valence-corrected chi connectivity index (χ4v) is 2.12. The minimum absolute atomic E-state index is 0.229. The summed E-state index contributed by atoms with van der Waals surface area (Å²) in [7, 11) is 0. The van der Waals surface area contributed by atoms with Crippen molar-refractivity contribution in [1.82, 2.24) is 4.90 Å². The third-order valence-corrected chi connectivity index (χ3v) is 3.35. The van der Waals surface area contributed by atoms with Crippen LogP contribution in [0, 0.1) is 5.92 Å². The van der Waals surface area contributed by atoms with Gasteiger partial charge in [0.2, 0.25) is 0 Å². The van der Waals surface area contributed by atoms with E-state index >= 15 is 0 Å². The Morgan fingerprint density at radius 2 is 1.84 bits per heavy atom. The van der Waals surface area contributed by atoms with Gasteiger partial charge in [-0.1, -0.05) is 13.8 Å². The highest BCUT2D eigenvalue weighted by molar-refractivity contribution is 6.67. The van der Waals surface area contributed by atoms with Gasteiger partial charge in [-0.3, -0.25) is 19.3 Å². The van der Waals surface area contributed by atoms with Crippen LogP contribution in [-0.4, -0.2) is 28.5 Å². The van der Waals surface area contributed by atoms with Crippen LogP contribution in [0.3, 0.4) is 0 Å². The van der Waals surface area contributed by atoms with E-state index < -0.39 is 5.24 Å². The Bertz CT molecular complexity index is 566. The third kappa shape index (κ3) is 2.54. The summed E-state index contributed by atoms with van der Waals surface area (Å²) >= 11 is 5.38. The van der Waals surface area contributed by atoms with E-state index in [0.717, 1.165) is 6.42 Å². The molecule has 0 N–H and O–H groups in total. The monoisotopic (exact) mass is 279 g/mol. The molecular formula is C14H14ClNO3. The summed E-state index contributed by atoms with van der Waals surface area (Å²) in [6, 6.07) is 4.34. The van der Waals surface area contributed by atoms with Crippen LogP contribution in [0.15, 0.2) is 18.2 Å². The Kier molecular flexibility index (Phi) is 3.71. The van der Waals surface area contributed by atoms with Crippen molar-refractivity contribution in [2.24, 2.45) is 5.92 Å². The van der Waals surface area contributed by atoms with E-state index in [1.807, 2.05) is 13.8 Å². The predicted octanol–water partition coefficient (Wildman–Crippen LogP) is 2.71. The first-order valence-electron chi connectivity index (χ1n) is 6.12. The molecule has 1 aliphatic heterocycles. The number of amides is 2. The third-order valence-electron chi connectivity index (χ3n) is 3.13. The Morgan fingerprint density at radius 3 is 2.42 bits per heavy atom. The minimum Gasteiger partial charge on any atom is -0.276 e. The molecule has 4 nitrogen and oxygen atoms in total. The number of nitrogens with zero attached hydrogens (tertiary/aromatic N) is 1. The molecule has 100 valence electrons. The van der Waals surface area contributed by atoms with E-state index in [1.54, 1.807) is 0 Å². The Morgan fingerprint density at radius 1 is 1.21 bits per heavy atom. The van der Waals surface area contributed by atoms with E-state index in [1.165, 1.54) is 23.1 Å². The van der Waals surface area contributed by atoms with Crippen LogP contribution in [-0.2, 0) is 0 Å². The number of carbonyl (C=O) groups is 3. The van der Waals surface area contributed by atoms with Gasteiger partial charge in [0.05, 0.1) is 11.1 Å². The van der Waals surface area contributed by atoms with E-state index in [0.29, 0.717) is 18.0 Å². The average Bonchev–Trinajstić information content (AvgIpc) is 2.59. The number of hydrogen-bond acceptors (Lipinski definition) is 3. The van der Waals surface area contributed by atoms with Crippen LogP contribution < -0.4 is 0 Å². The van der Waals surface area contributed by atoms with Crippen molar-refractivity contribution in [2.75, 3.05) is 6.54 Å². The highest BCUT2D eigenvalue weighted by atomic mass is 35.5. The molecular weight excluding hydrogens is 266 g/mol. The Labute approximate surface area is 116 Å². The molecule has 1 aliphatic rings. The van der Waals surface area contributed by atoms with Crippen LogP contribution >= 0.6 is 11.6 Å². The number of halogens is 1. The molecule has 0 fully saturated rings. The number of fused-ring (bicyclic) bond motifs is 1. The highest BCUT2D eigenvalue weighted by Crippen LogP contribution is 2.25. The zero-order valence-electron chi connectivity index (χ0n) is 10.8. The van der Waals surface area contributed by atoms with Crippen molar-refractivity contribution in [3.63, 3.8) is 0 Å². The van der Waals surface area contributed by atoms with Gasteiger partial charge in [-0.2, -0.15) is 0 Å². The molecule has 1 heterocycles. The topological polar surface area (TPSA) is 54.5 Å². The maximum atomic E-state index is 12.1. The van der Waals surface area contributed by atoms with Crippen molar-refractivity contribution >= 4 is 28.7 Å². The quantitative estimate of drug-likeness (QED) is 0.629. The maximum Gasteiger partial charge on any atom is 0.261 e. The maximum absolute atomic E-state index is 12.1. The van der Waals surface area contributed by atoms with Crippen molar-refractivity contribution in [1.29, 1.82) is 0 Å². The molecule has 19 heavy (non-hydrogen) atoms. The minimum atomic E-state index is -0.635. The van der Waals surface area contributed by atoms with Gasteiger partial charge in [0, 0.05) is 12.1 Å². The SMILES string of the molecule is CC(C)CCN1C(=O)c2ccc(C(=O)Cl)cc2C1=O. The average molecular weight is 280 g/mol. The summed E-state index contributed by atoms with van der Waals surface area (Å²) in [5.74, 6) is -0.237. The van der Waals surface area contributed by atoms with Gasteiger partial charge in [-0.15, -0.1) is 0 Å². The first kappa shape index (κ1) is 13.7. The van der Waals surface area contributed by atoms with Crippen LogP contribution in [0.1, 0.15) is 51.3 Å². The first-order chi connectivity index (χ1) is 8.91. The molecule has 0 spiro atoms. The van der Waals surface area contributed by atoms with Gasteiger partial charge in [0.15, 0.2) is 0 Å². The molecule has 1 aromatic rings. The van der Waals surface area contributed by atoms with Crippen molar-refractivity contribution in [3.8, 4) is 0 Å². The van der Waals surface area contributed by atoms with E-state index in [-0.39, 0.29) is 22.9 Å². The molecule has 1 aromatic carbocycles. The van der Waals surface area contributed by atoms with Crippen LogP contribution in [0.2, 0.25) is 0 Å². The zero-order valence-corrected chi connectivity index (χ0v) is 11.5. The molecule has 0 atom stereocenters. The molecule has 0 unspecified atom stereocenters. The standard InChI is InChI=1S/C14H14ClNO3/c1-8(2)5-6-16-13(18)10-4-3-9(12(15)17)7-11(10)14(16)19/h3-4,7-8H,5-6H2,1-2H3. The molecule has 0 saturated heterocycles. The molecule has 0 aliphatic carbocycles.